The van der Waals surface area contributed by atoms with Crippen molar-refractivity contribution in [1.29, 1.82) is 0 Å². The molecule has 1 saturated carbocycles. The maximum atomic E-state index is 12.7. The van der Waals surface area contributed by atoms with Crippen molar-refractivity contribution >= 4 is 17.6 Å². The molecule has 1 aromatic rings. The number of esters is 1. The maximum absolute atomic E-state index is 12.7. The van der Waals surface area contributed by atoms with E-state index in [0.29, 0.717) is 24.8 Å². The van der Waals surface area contributed by atoms with E-state index in [-0.39, 0.29) is 11.6 Å². The molecule has 2 aliphatic rings. The van der Waals surface area contributed by atoms with Gasteiger partial charge in [-0.2, -0.15) is 0 Å². The Bertz CT molecular complexity index is 718. The van der Waals surface area contributed by atoms with Crippen LogP contribution >= 0.6 is 0 Å². The van der Waals surface area contributed by atoms with Crippen LogP contribution in [0.3, 0.4) is 0 Å². The van der Waals surface area contributed by atoms with Crippen molar-refractivity contribution < 1.29 is 23.5 Å². The van der Waals surface area contributed by atoms with Gasteiger partial charge in [-0.25, -0.2) is 14.2 Å². The zero-order chi connectivity index (χ0) is 20.8. The van der Waals surface area contributed by atoms with E-state index < -0.39 is 24.8 Å². The Balaban J connectivity index is 1.75. The summed E-state index contributed by atoms with van der Waals surface area (Å²) >= 11 is 0. The number of rotatable bonds is 10. The Morgan fingerprint density at radius 2 is 2.00 bits per heavy atom. The van der Waals surface area contributed by atoms with Crippen LogP contribution in [0, 0.1) is 11.8 Å². The van der Waals surface area contributed by atoms with E-state index in [4.69, 9.17) is 4.74 Å². The quantitative estimate of drug-likeness (QED) is 0.601. The van der Waals surface area contributed by atoms with Crippen molar-refractivity contribution in [1.82, 2.24) is 10.3 Å². The largest absolute Gasteiger partial charge is 0.476 e. The fraction of sp³-hybridized carbons (Fsp3) is 0.667. The molecule has 8 heteroatoms. The van der Waals surface area contributed by atoms with Gasteiger partial charge in [0.05, 0.1) is 12.3 Å². The number of amides is 1. The number of nitrogens with one attached hydrogen (secondary N) is 1. The summed E-state index contributed by atoms with van der Waals surface area (Å²) in [6, 6.07) is 2.57. The molecule has 1 aliphatic carbocycles. The number of anilines is 1. The number of alkyl halides is 1. The first-order chi connectivity index (χ1) is 14.0. The van der Waals surface area contributed by atoms with Crippen molar-refractivity contribution in [2.45, 2.75) is 52.0 Å². The van der Waals surface area contributed by atoms with Crippen LogP contribution in [0.1, 0.15) is 56.4 Å². The Morgan fingerprint density at radius 3 is 2.62 bits per heavy atom. The zero-order valence-corrected chi connectivity index (χ0v) is 17.2. The molecular formula is C21H30FN3O4. The Labute approximate surface area is 171 Å². The van der Waals surface area contributed by atoms with Gasteiger partial charge in [0.25, 0.3) is 5.91 Å². The van der Waals surface area contributed by atoms with E-state index in [1.54, 1.807) is 6.07 Å². The second-order valence-corrected chi connectivity index (χ2v) is 8.20. The molecule has 7 nitrogen and oxygen atoms in total. The van der Waals surface area contributed by atoms with Crippen LogP contribution in [-0.2, 0) is 9.53 Å². The van der Waals surface area contributed by atoms with Crippen molar-refractivity contribution in [3.63, 3.8) is 0 Å². The minimum Gasteiger partial charge on any atom is -0.476 e. The molecule has 1 amide bonds. The standard InChI is InChI=1S/C21H30FN3O4/c1-14(2)11-17(21(27)29-13-22)23-19(26)16-7-8-18(25-9-3-4-10-25)20(24-16)28-12-15-5-6-15/h7-8,14-15,17H,3-6,9-13H2,1-2H3,(H,23,26)/t17-/m1/s1. The fourth-order valence-electron chi connectivity index (χ4n) is 3.42. The summed E-state index contributed by atoms with van der Waals surface area (Å²) in [5.41, 5.74) is 1.07. The fourth-order valence-corrected chi connectivity index (χ4v) is 3.42. The third-order valence-corrected chi connectivity index (χ3v) is 5.17. The van der Waals surface area contributed by atoms with Crippen LogP contribution < -0.4 is 15.0 Å². The number of hydrogen-bond donors (Lipinski definition) is 1. The van der Waals surface area contributed by atoms with Crippen molar-refractivity contribution in [3.05, 3.63) is 17.8 Å². The topological polar surface area (TPSA) is 80.8 Å². The van der Waals surface area contributed by atoms with Crippen LogP contribution in [0.2, 0.25) is 0 Å². The van der Waals surface area contributed by atoms with Crippen LogP contribution in [0.15, 0.2) is 12.1 Å². The first-order valence-corrected chi connectivity index (χ1v) is 10.4. The molecule has 160 valence electrons. The summed E-state index contributed by atoms with van der Waals surface area (Å²) in [7, 11) is 0. The number of pyridine rings is 1. The number of aromatic nitrogens is 1. The minimum atomic E-state index is -1.22. The normalized spacial score (nSPS) is 17.3. The smallest absolute Gasteiger partial charge is 0.330 e. The monoisotopic (exact) mass is 407 g/mol. The van der Waals surface area contributed by atoms with E-state index >= 15 is 0 Å². The third kappa shape index (κ3) is 6.05. The molecule has 0 spiro atoms. The molecule has 2 heterocycles. The highest BCUT2D eigenvalue weighted by Gasteiger charge is 2.27. The molecule has 1 aromatic heterocycles. The van der Waals surface area contributed by atoms with Crippen molar-refractivity contribution in [2.75, 3.05) is 31.5 Å². The lowest BCUT2D eigenvalue weighted by Gasteiger charge is -2.22. The zero-order valence-electron chi connectivity index (χ0n) is 17.2. The SMILES string of the molecule is CC(C)C[C@@H](NC(=O)c1ccc(N2CCCC2)c(OCC2CC2)n1)C(=O)OCF. The van der Waals surface area contributed by atoms with E-state index in [2.05, 4.69) is 19.9 Å². The lowest BCUT2D eigenvalue weighted by atomic mass is 10.0. The predicted octanol–water partition coefficient (Wildman–Crippen LogP) is 3.09. The Hall–Kier alpha value is -2.38. The highest BCUT2D eigenvalue weighted by atomic mass is 19.1. The van der Waals surface area contributed by atoms with Crippen LogP contribution in [0.4, 0.5) is 10.1 Å². The van der Waals surface area contributed by atoms with Gasteiger partial charge in [-0.1, -0.05) is 13.8 Å². The third-order valence-electron chi connectivity index (χ3n) is 5.17. The summed E-state index contributed by atoms with van der Waals surface area (Å²) < 4.78 is 22.8. The minimum absolute atomic E-state index is 0.121. The highest BCUT2D eigenvalue weighted by molar-refractivity contribution is 5.95. The molecule has 1 saturated heterocycles. The number of ether oxygens (including phenoxy) is 2. The summed E-state index contributed by atoms with van der Waals surface area (Å²) in [5.74, 6) is -0.149. The number of hydrogen-bond acceptors (Lipinski definition) is 6. The van der Waals surface area contributed by atoms with E-state index in [0.717, 1.165) is 44.5 Å². The molecule has 0 radical (unpaired) electrons. The summed E-state index contributed by atoms with van der Waals surface area (Å²) in [6.45, 7) is 5.09. The first-order valence-electron chi connectivity index (χ1n) is 10.4. The second kappa shape index (κ2) is 9.89. The molecule has 0 unspecified atom stereocenters. The van der Waals surface area contributed by atoms with Crippen LogP contribution in [0.5, 0.6) is 5.88 Å². The van der Waals surface area contributed by atoms with Crippen LogP contribution in [0.25, 0.3) is 0 Å². The van der Waals surface area contributed by atoms with Gasteiger partial charge >= 0.3 is 5.97 Å². The van der Waals surface area contributed by atoms with Gasteiger partial charge in [-0.3, -0.25) is 4.79 Å². The Kier molecular flexibility index (Phi) is 7.28. The van der Waals surface area contributed by atoms with Crippen LogP contribution in [-0.4, -0.2) is 49.5 Å². The summed E-state index contributed by atoms with van der Waals surface area (Å²) in [6.07, 6.45) is 4.91. The number of nitrogens with zero attached hydrogens (tertiary/aromatic N) is 2. The predicted molar refractivity (Wildman–Crippen MR) is 107 cm³/mol. The average Bonchev–Trinajstić information content (AvgIpc) is 3.36. The second-order valence-electron chi connectivity index (χ2n) is 8.20. The summed E-state index contributed by atoms with van der Waals surface area (Å²) in [5, 5.41) is 2.63. The lowest BCUT2D eigenvalue weighted by molar-refractivity contribution is -0.150. The highest BCUT2D eigenvalue weighted by Crippen LogP contribution is 2.33. The van der Waals surface area contributed by atoms with Gasteiger partial charge in [0.1, 0.15) is 11.7 Å². The number of carbonyl (C=O) groups is 2. The maximum Gasteiger partial charge on any atom is 0.330 e. The molecular weight excluding hydrogens is 377 g/mol. The molecule has 1 aliphatic heterocycles. The van der Waals surface area contributed by atoms with Crippen molar-refractivity contribution in [3.8, 4) is 5.88 Å². The molecule has 1 atom stereocenters. The van der Waals surface area contributed by atoms with E-state index in [1.807, 2.05) is 19.9 Å². The molecule has 0 bridgehead atoms. The molecule has 2 fully saturated rings. The van der Waals surface area contributed by atoms with Gasteiger partial charge in [-0.15, -0.1) is 0 Å². The average molecular weight is 407 g/mol. The van der Waals surface area contributed by atoms with Gasteiger partial charge in [-0.05, 0) is 56.1 Å². The number of halogens is 1. The molecule has 0 aromatic carbocycles. The molecule has 3 rings (SSSR count). The number of carbonyl (C=O) groups excluding carboxylic acids is 2. The van der Waals surface area contributed by atoms with Gasteiger partial charge in [0.2, 0.25) is 12.7 Å². The van der Waals surface area contributed by atoms with Gasteiger partial charge in [0.15, 0.2) is 0 Å². The first kappa shape index (κ1) is 21.3. The lowest BCUT2D eigenvalue weighted by Crippen LogP contribution is -2.43. The van der Waals surface area contributed by atoms with Gasteiger partial charge < -0.3 is 19.7 Å². The molecule has 1 N–H and O–H groups in total. The van der Waals surface area contributed by atoms with E-state index in [1.165, 1.54) is 0 Å². The molecule has 29 heavy (non-hydrogen) atoms. The van der Waals surface area contributed by atoms with Crippen molar-refractivity contribution in [2.24, 2.45) is 11.8 Å². The van der Waals surface area contributed by atoms with Gasteiger partial charge in [0, 0.05) is 13.1 Å². The Morgan fingerprint density at radius 1 is 1.28 bits per heavy atom. The van der Waals surface area contributed by atoms with E-state index in [9.17, 15) is 14.0 Å². The summed E-state index contributed by atoms with van der Waals surface area (Å²) in [4.78, 5) is 31.4.